The van der Waals surface area contributed by atoms with Crippen molar-refractivity contribution in [3.8, 4) is 0 Å². The molecule has 0 radical (unpaired) electrons. The molecule has 0 aliphatic carbocycles. The summed E-state index contributed by atoms with van der Waals surface area (Å²) in [6, 6.07) is 5.28. The van der Waals surface area contributed by atoms with Gasteiger partial charge in [0.05, 0.1) is 4.92 Å². The second kappa shape index (κ2) is 4.61. The van der Waals surface area contributed by atoms with Gasteiger partial charge in [-0.15, -0.1) is 0 Å². The van der Waals surface area contributed by atoms with Crippen LogP contribution in [0, 0.1) is 10.1 Å². The second-order valence-corrected chi connectivity index (χ2v) is 4.54. The number of rotatable bonds is 2. The normalized spacial score (nSPS) is 20.3. The molecule has 2 N–H and O–H groups in total. The molecule has 1 aliphatic rings. The number of nitrogens with two attached hydrogens (primary N) is 1. The molecule has 0 bridgehead atoms. The van der Waals surface area contributed by atoms with Gasteiger partial charge in [-0.1, -0.05) is 0 Å². The number of benzene rings is 1. The highest BCUT2D eigenvalue weighted by Gasteiger charge is 2.25. The Bertz CT molecular complexity index is 434. The van der Waals surface area contributed by atoms with Gasteiger partial charge in [0.2, 0.25) is 0 Å². The van der Waals surface area contributed by atoms with Gasteiger partial charge < -0.3 is 10.6 Å². The largest absolute Gasteiger partial charge is 0.399 e. The van der Waals surface area contributed by atoms with Crippen LogP contribution < -0.4 is 10.6 Å². The van der Waals surface area contributed by atoms with Crippen molar-refractivity contribution in [3.05, 3.63) is 28.3 Å². The van der Waals surface area contributed by atoms with Crippen LogP contribution in [0.2, 0.25) is 0 Å². The van der Waals surface area contributed by atoms with Crippen LogP contribution in [0.4, 0.5) is 17.1 Å². The van der Waals surface area contributed by atoms with E-state index in [0.29, 0.717) is 17.4 Å². The van der Waals surface area contributed by atoms with Crippen LogP contribution >= 0.6 is 0 Å². The molecule has 1 aromatic carbocycles. The molecule has 92 valence electrons. The Morgan fingerprint density at radius 1 is 1.47 bits per heavy atom. The first kappa shape index (κ1) is 11.7. The monoisotopic (exact) mass is 235 g/mol. The minimum absolute atomic E-state index is 0.110. The number of nitro groups is 1. The molecule has 5 nitrogen and oxygen atoms in total. The van der Waals surface area contributed by atoms with Gasteiger partial charge in [0.15, 0.2) is 0 Å². The van der Waals surface area contributed by atoms with E-state index in [-0.39, 0.29) is 10.6 Å². The average Bonchev–Trinajstić information content (AvgIpc) is 2.30. The lowest BCUT2D eigenvalue weighted by molar-refractivity contribution is -0.384. The van der Waals surface area contributed by atoms with Gasteiger partial charge in [-0.25, -0.2) is 0 Å². The Hall–Kier alpha value is -1.78. The summed E-state index contributed by atoms with van der Waals surface area (Å²) in [7, 11) is 0. The van der Waals surface area contributed by atoms with Crippen LogP contribution in [0.3, 0.4) is 0 Å². The van der Waals surface area contributed by atoms with Crippen molar-refractivity contribution in [2.45, 2.75) is 32.2 Å². The highest BCUT2D eigenvalue weighted by Crippen LogP contribution is 2.34. The summed E-state index contributed by atoms with van der Waals surface area (Å²) in [6.45, 7) is 2.99. The van der Waals surface area contributed by atoms with Crippen LogP contribution in [0.15, 0.2) is 18.2 Å². The lowest BCUT2D eigenvalue weighted by atomic mass is 10.0. The number of anilines is 2. The van der Waals surface area contributed by atoms with Crippen LogP contribution in [-0.4, -0.2) is 17.5 Å². The third kappa shape index (κ3) is 2.33. The second-order valence-electron chi connectivity index (χ2n) is 4.54. The maximum atomic E-state index is 11.0. The van der Waals surface area contributed by atoms with E-state index in [4.69, 9.17) is 5.73 Å². The van der Waals surface area contributed by atoms with E-state index in [0.717, 1.165) is 19.4 Å². The summed E-state index contributed by atoms with van der Waals surface area (Å²) >= 11 is 0. The quantitative estimate of drug-likeness (QED) is 0.485. The summed E-state index contributed by atoms with van der Waals surface area (Å²) < 4.78 is 0. The van der Waals surface area contributed by atoms with Crippen molar-refractivity contribution in [3.63, 3.8) is 0 Å². The van der Waals surface area contributed by atoms with Crippen LogP contribution in [-0.2, 0) is 0 Å². The van der Waals surface area contributed by atoms with Crippen LogP contribution in [0.1, 0.15) is 26.2 Å². The first-order valence-electron chi connectivity index (χ1n) is 5.90. The van der Waals surface area contributed by atoms with Gasteiger partial charge in [0.1, 0.15) is 5.69 Å². The molecular formula is C12H17N3O2. The highest BCUT2D eigenvalue weighted by molar-refractivity contribution is 5.68. The summed E-state index contributed by atoms with van der Waals surface area (Å²) in [6.07, 6.45) is 3.37. The van der Waals surface area contributed by atoms with Crippen molar-refractivity contribution < 1.29 is 4.92 Å². The van der Waals surface area contributed by atoms with E-state index in [1.165, 1.54) is 12.5 Å². The van der Waals surface area contributed by atoms with Crippen LogP contribution in [0.5, 0.6) is 0 Å². The zero-order chi connectivity index (χ0) is 12.4. The number of nitrogen functional groups attached to an aromatic ring is 1. The van der Waals surface area contributed by atoms with Crippen molar-refractivity contribution in [1.29, 1.82) is 0 Å². The lowest BCUT2D eigenvalue weighted by Gasteiger charge is -2.34. The Balaban J connectivity index is 2.39. The molecule has 1 aromatic rings. The van der Waals surface area contributed by atoms with Crippen molar-refractivity contribution in [2.24, 2.45) is 0 Å². The van der Waals surface area contributed by atoms with Crippen molar-refractivity contribution in [1.82, 2.24) is 0 Å². The smallest absolute Gasteiger partial charge is 0.294 e. The Morgan fingerprint density at radius 3 is 2.88 bits per heavy atom. The summed E-state index contributed by atoms with van der Waals surface area (Å²) in [5, 5.41) is 11.0. The molecule has 0 amide bonds. The van der Waals surface area contributed by atoms with E-state index in [1.54, 1.807) is 12.1 Å². The van der Waals surface area contributed by atoms with Gasteiger partial charge in [0, 0.05) is 24.3 Å². The molecule has 1 heterocycles. The first-order valence-corrected chi connectivity index (χ1v) is 5.90. The van der Waals surface area contributed by atoms with E-state index >= 15 is 0 Å². The third-order valence-corrected chi connectivity index (χ3v) is 3.31. The summed E-state index contributed by atoms with van der Waals surface area (Å²) in [5.41, 5.74) is 6.84. The molecule has 1 saturated heterocycles. The number of nitro benzene ring substituents is 1. The molecule has 5 heteroatoms. The molecule has 0 aromatic heterocycles. The van der Waals surface area contributed by atoms with Crippen molar-refractivity contribution >= 4 is 17.1 Å². The molecule has 17 heavy (non-hydrogen) atoms. The van der Waals surface area contributed by atoms with Gasteiger partial charge in [-0.3, -0.25) is 10.1 Å². The Morgan fingerprint density at radius 2 is 2.24 bits per heavy atom. The predicted molar refractivity (Wildman–Crippen MR) is 68.2 cm³/mol. The molecule has 2 rings (SSSR count). The molecule has 1 unspecified atom stereocenters. The Labute approximate surface area is 100 Å². The first-order chi connectivity index (χ1) is 8.09. The van der Waals surface area contributed by atoms with Crippen LogP contribution in [0.25, 0.3) is 0 Å². The molecule has 1 fully saturated rings. The molecule has 1 atom stereocenters. The van der Waals surface area contributed by atoms with E-state index < -0.39 is 0 Å². The fourth-order valence-corrected chi connectivity index (χ4v) is 2.39. The van der Waals surface area contributed by atoms with Gasteiger partial charge >= 0.3 is 0 Å². The number of piperidine rings is 1. The molecule has 0 saturated carbocycles. The molecular weight excluding hydrogens is 218 g/mol. The maximum Gasteiger partial charge on any atom is 0.294 e. The summed E-state index contributed by atoms with van der Waals surface area (Å²) in [4.78, 5) is 12.8. The fourth-order valence-electron chi connectivity index (χ4n) is 2.39. The predicted octanol–water partition coefficient (Wildman–Crippen LogP) is 2.56. The molecule has 0 spiro atoms. The van der Waals surface area contributed by atoms with E-state index in [2.05, 4.69) is 11.8 Å². The highest BCUT2D eigenvalue weighted by atomic mass is 16.6. The maximum absolute atomic E-state index is 11.0. The number of hydrogen-bond acceptors (Lipinski definition) is 4. The zero-order valence-electron chi connectivity index (χ0n) is 9.93. The topological polar surface area (TPSA) is 72.4 Å². The third-order valence-electron chi connectivity index (χ3n) is 3.31. The van der Waals surface area contributed by atoms with Gasteiger partial charge in [-0.2, -0.15) is 0 Å². The van der Waals surface area contributed by atoms with E-state index in [9.17, 15) is 10.1 Å². The molecule has 1 aliphatic heterocycles. The van der Waals surface area contributed by atoms with E-state index in [1.807, 2.05) is 0 Å². The standard InChI is InChI=1S/C12H17N3O2/c1-9-4-2-3-7-14(9)11-6-5-10(13)8-12(11)15(16)17/h5-6,8-9H,2-4,7,13H2,1H3. The fraction of sp³-hybridized carbons (Fsp3) is 0.500. The lowest BCUT2D eigenvalue weighted by Crippen LogP contribution is -2.37. The summed E-state index contributed by atoms with van der Waals surface area (Å²) in [5.74, 6) is 0. The van der Waals surface area contributed by atoms with Crippen molar-refractivity contribution in [2.75, 3.05) is 17.2 Å². The van der Waals surface area contributed by atoms with Gasteiger partial charge in [0.25, 0.3) is 5.69 Å². The Kier molecular flexibility index (Phi) is 3.17. The van der Waals surface area contributed by atoms with Gasteiger partial charge in [-0.05, 0) is 38.3 Å². The number of nitrogens with zero attached hydrogens (tertiary/aromatic N) is 2. The average molecular weight is 235 g/mol. The minimum atomic E-state index is -0.354. The number of hydrogen-bond donors (Lipinski definition) is 1. The zero-order valence-corrected chi connectivity index (χ0v) is 9.93. The minimum Gasteiger partial charge on any atom is -0.399 e. The SMILES string of the molecule is CC1CCCCN1c1ccc(N)cc1[N+](=O)[O-].